The summed E-state index contributed by atoms with van der Waals surface area (Å²) in [6.07, 6.45) is 1.12. The predicted molar refractivity (Wildman–Crippen MR) is 70.8 cm³/mol. The zero-order valence-electron chi connectivity index (χ0n) is 9.34. The summed E-state index contributed by atoms with van der Waals surface area (Å²) in [7, 11) is 0. The van der Waals surface area contributed by atoms with E-state index >= 15 is 0 Å². The molecule has 1 fully saturated rings. The molecular formula is C12H16Cl2N2. The van der Waals surface area contributed by atoms with E-state index in [1.54, 1.807) is 0 Å². The van der Waals surface area contributed by atoms with Gasteiger partial charge < -0.3 is 10.2 Å². The first kappa shape index (κ1) is 12.0. The van der Waals surface area contributed by atoms with Crippen molar-refractivity contribution in [1.82, 2.24) is 5.32 Å². The minimum atomic E-state index is 0.529. The second kappa shape index (κ2) is 5.26. The van der Waals surface area contributed by atoms with Crippen LogP contribution in [0, 0.1) is 0 Å². The fourth-order valence-electron chi connectivity index (χ4n) is 2.09. The highest BCUT2D eigenvalue weighted by atomic mass is 35.5. The minimum Gasteiger partial charge on any atom is -0.366 e. The van der Waals surface area contributed by atoms with Crippen LogP contribution in [0.4, 0.5) is 5.69 Å². The van der Waals surface area contributed by atoms with Gasteiger partial charge in [0.15, 0.2) is 0 Å². The summed E-state index contributed by atoms with van der Waals surface area (Å²) in [5.74, 6) is 0. The Hall–Kier alpha value is -0.440. The lowest BCUT2D eigenvalue weighted by Crippen LogP contribution is -2.50. The molecule has 1 heterocycles. The summed E-state index contributed by atoms with van der Waals surface area (Å²) in [6, 6.07) is 6.20. The van der Waals surface area contributed by atoms with Crippen molar-refractivity contribution in [1.29, 1.82) is 0 Å². The Labute approximate surface area is 107 Å². The number of halogens is 2. The molecule has 0 spiro atoms. The van der Waals surface area contributed by atoms with E-state index in [2.05, 4.69) is 17.1 Å². The van der Waals surface area contributed by atoms with Gasteiger partial charge in [0.1, 0.15) is 0 Å². The van der Waals surface area contributed by atoms with Crippen molar-refractivity contribution in [3.63, 3.8) is 0 Å². The molecule has 0 amide bonds. The van der Waals surface area contributed by atoms with Crippen LogP contribution in [0.2, 0.25) is 10.0 Å². The lowest BCUT2D eigenvalue weighted by atomic mass is 10.1. The van der Waals surface area contributed by atoms with E-state index in [1.165, 1.54) is 0 Å². The van der Waals surface area contributed by atoms with Crippen molar-refractivity contribution in [2.24, 2.45) is 0 Å². The molecule has 0 aromatic heterocycles. The molecule has 1 aromatic rings. The number of hydrogen-bond acceptors (Lipinski definition) is 2. The van der Waals surface area contributed by atoms with Gasteiger partial charge in [0.25, 0.3) is 0 Å². The molecule has 16 heavy (non-hydrogen) atoms. The molecule has 0 saturated carbocycles. The number of benzene rings is 1. The number of hydrogen-bond donors (Lipinski definition) is 1. The van der Waals surface area contributed by atoms with Crippen molar-refractivity contribution in [2.45, 2.75) is 19.4 Å². The Bertz CT molecular complexity index is 348. The van der Waals surface area contributed by atoms with Gasteiger partial charge in [-0.1, -0.05) is 36.2 Å². The lowest BCUT2D eigenvalue weighted by molar-refractivity contribution is 0.447. The zero-order chi connectivity index (χ0) is 11.5. The molecule has 1 aromatic carbocycles. The van der Waals surface area contributed by atoms with Crippen molar-refractivity contribution in [2.75, 3.05) is 24.5 Å². The first-order valence-corrected chi connectivity index (χ1v) is 6.40. The number of anilines is 1. The Morgan fingerprint density at radius 3 is 2.69 bits per heavy atom. The van der Waals surface area contributed by atoms with Crippen LogP contribution in [0.1, 0.15) is 13.3 Å². The Balaban J connectivity index is 2.23. The average molecular weight is 259 g/mol. The number of para-hydroxylation sites is 1. The van der Waals surface area contributed by atoms with Gasteiger partial charge in [-0.25, -0.2) is 0 Å². The molecule has 1 unspecified atom stereocenters. The van der Waals surface area contributed by atoms with E-state index in [9.17, 15) is 0 Å². The molecule has 2 rings (SSSR count). The molecule has 1 aliphatic rings. The molecule has 2 nitrogen and oxygen atoms in total. The van der Waals surface area contributed by atoms with Gasteiger partial charge in [0.05, 0.1) is 15.7 Å². The molecule has 1 saturated heterocycles. The summed E-state index contributed by atoms with van der Waals surface area (Å²) in [4.78, 5) is 2.27. The van der Waals surface area contributed by atoms with Crippen LogP contribution in [0.5, 0.6) is 0 Å². The summed E-state index contributed by atoms with van der Waals surface area (Å²) < 4.78 is 0. The van der Waals surface area contributed by atoms with Gasteiger partial charge in [-0.2, -0.15) is 0 Å². The smallest absolute Gasteiger partial charge is 0.0745 e. The van der Waals surface area contributed by atoms with Gasteiger partial charge in [-0.3, -0.25) is 0 Å². The minimum absolute atomic E-state index is 0.529. The van der Waals surface area contributed by atoms with Crippen LogP contribution in [0.3, 0.4) is 0 Å². The molecule has 1 N–H and O–H groups in total. The van der Waals surface area contributed by atoms with E-state index in [4.69, 9.17) is 23.2 Å². The maximum atomic E-state index is 6.21. The van der Waals surface area contributed by atoms with E-state index in [1.807, 2.05) is 18.2 Å². The topological polar surface area (TPSA) is 15.3 Å². The third kappa shape index (κ3) is 2.45. The van der Waals surface area contributed by atoms with E-state index in [-0.39, 0.29) is 0 Å². The van der Waals surface area contributed by atoms with Crippen LogP contribution in [-0.2, 0) is 0 Å². The van der Waals surface area contributed by atoms with Crippen LogP contribution in [0.15, 0.2) is 18.2 Å². The Kier molecular flexibility index (Phi) is 3.95. The number of nitrogens with zero attached hydrogens (tertiary/aromatic N) is 1. The van der Waals surface area contributed by atoms with Crippen LogP contribution in [-0.4, -0.2) is 25.7 Å². The van der Waals surface area contributed by atoms with Crippen molar-refractivity contribution >= 4 is 28.9 Å². The van der Waals surface area contributed by atoms with E-state index in [0.29, 0.717) is 6.04 Å². The highest BCUT2D eigenvalue weighted by Gasteiger charge is 2.21. The normalized spacial score (nSPS) is 21.2. The summed E-state index contributed by atoms with van der Waals surface area (Å²) in [5.41, 5.74) is 0.978. The predicted octanol–water partition coefficient (Wildman–Crippen LogP) is 3.18. The fraction of sp³-hybridized carbons (Fsp3) is 0.500. The Morgan fingerprint density at radius 1 is 1.38 bits per heavy atom. The van der Waals surface area contributed by atoms with Gasteiger partial charge in [0, 0.05) is 25.7 Å². The molecule has 1 aliphatic heterocycles. The summed E-state index contributed by atoms with van der Waals surface area (Å²) >= 11 is 12.4. The summed E-state index contributed by atoms with van der Waals surface area (Å²) in [5, 5.41) is 4.96. The van der Waals surface area contributed by atoms with Crippen molar-refractivity contribution in [3.05, 3.63) is 28.2 Å². The van der Waals surface area contributed by atoms with Crippen molar-refractivity contribution < 1.29 is 0 Å². The Morgan fingerprint density at radius 2 is 2.06 bits per heavy atom. The molecule has 88 valence electrons. The quantitative estimate of drug-likeness (QED) is 0.877. The standard InChI is InChI=1S/C12H16Cl2N2/c1-2-9-8-16(7-6-15-9)12-10(13)4-3-5-11(12)14/h3-5,9,15H,2,6-8H2,1H3. The third-order valence-corrected chi connectivity index (χ3v) is 3.61. The monoisotopic (exact) mass is 258 g/mol. The molecule has 1 atom stereocenters. The second-order valence-corrected chi connectivity index (χ2v) is 4.89. The number of nitrogens with one attached hydrogen (secondary N) is 1. The highest BCUT2D eigenvalue weighted by molar-refractivity contribution is 6.39. The maximum Gasteiger partial charge on any atom is 0.0745 e. The largest absolute Gasteiger partial charge is 0.366 e. The number of rotatable bonds is 2. The SMILES string of the molecule is CCC1CN(c2c(Cl)cccc2Cl)CCN1. The van der Waals surface area contributed by atoms with Gasteiger partial charge in [0.2, 0.25) is 0 Å². The van der Waals surface area contributed by atoms with Crippen LogP contribution < -0.4 is 10.2 Å². The number of piperazine rings is 1. The highest BCUT2D eigenvalue weighted by Crippen LogP contribution is 2.34. The molecule has 4 heteroatoms. The van der Waals surface area contributed by atoms with E-state index < -0.39 is 0 Å². The third-order valence-electron chi connectivity index (χ3n) is 3.00. The fourth-order valence-corrected chi connectivity index (χ4v) is 2.73. The van der Waals surface area contributed by atoms with Crippen LogP contribution in [0.25, 0.3) is 0 Å². The van der Waals surface area contributed by atoms with Gasteiger partial charge >= 0.3 is 0 Å². The molecular weight excluding hydrogens is 243 g/mol. The molecule has 0 aliphatic carbocycles. The summed E-state index contributed by atoms with van der Waals surface area (Å²) in [6.45, 7) is 5.11. The molecule has 0 radical (unpaired) electrons. The molecule has 0 bridgehead atoms. The van der Waals surface area contributed by atoms with Crippen LogP contribution >= 0.6 is 23.2 Å². The zero-order valence-corrected chi connectivity index (χ0v) is 10.9. The maximum absolute atomic E-state index is 6.21. The first-order valence-electron chi connectivity index (χ1n) is 5.64. The van der Waals surface area contributed by atoms with Crippen molar-refractivity contribution in [3.8, 4) is 0 Å². The average Bonchev–Trinajstić information content (AvgIpc) is 2.29. The lowest BCUT2D eigenvalue weighted by Gasteiger charge is -2.35. The van der Waals surface area contributed by atoms with Gasteiger partial charge in [-0.05, 0) is 18.6 Å². The first-order chi connectivity index (χ1) is 7.72. The van der Waals surface area contributed by atoms with E-state index in [0.717, 1.165) is 41.8 Å². The second-order valence-electron chi connectivity index (χ2n) is 4.08. The van der Waals surface area contributed by atoms with Gasteiger partial charge in [-0.15, -0.1) is 0 Å².